The van der Waals surface area contributed by atoms with Gasteiger partial charge in [0.05, 0.1) is 0 Å². The maximum absolute atomic E-state index is 2.50. The van der Waals surface area contributed by atoms with Gasteiger partial charge >= 0.3 is 0 Å². The van der Waals surface area contributed by atoms with Crippen LogP contribution in [0.3, 0.4) is 0 Å². The van der Waals surface area contributed by atoms with Gasteiger partial charge in [0.25, 0.3) is 0 Å². The molecule has 0 N–H and O–H groups in total. The molecule has 0 fully saturated rings. The van der Waals surface area contributed by atoms with Crippen molar-refractivity contribution >= 4 is 67.7 Å². The molecule has 0 atom stereocenters. The summed E-state index contributed by atoms with van der Waals surface area (Å²) < 4.78 is 0. The normalized spacial score (nSPS) is 12.7. The predicted octanol–water partition coefficient (Wildman–Crippen LogP) is 5.19. The van der Waals surface area contributed by atoms with E-state index in [-0.39, 0.29) is 13.4 Å². The number of hydrogen-bond acceptors (Lipinski definition) is 0. The fourth-order valence-corrected chi connectivity index (χ4v) is 7.80. The van der Waals surface area contributed by atoms with Crippen molar-refractivity contribution in [1.82, 2.24) is 0 Å². The minimum Gasteiger partial charge on any atom is -0.0726 e. The molecule has 0 amide bonds. The van der Waals surface area contributed by atoms with Crippen LogP contribution in [-0.2, 0) is 0 Å². The lowest BCUT2D eigenvalue weighted by molar-refractivity contribution is 1.35. The molecule has 192 valence electrons. The largest absolute Gasteiger partial charge is 0.240 e. The van der Waals surface area contributed by atoms with Crippen molar-refractivity contribution in [2.75, 3.05) is 0 Å². The van der Waals surface area contributed by atoms with Crippen molar-refractivity contribution in [2.24, 2.45) is 0 Å². The third-order valence-corrected chi connectivity index (χ3v) is 9.20. The zero-order valence-electron chi connectivity index (χ0n) is 24.4. The molecule has 7 rings (SSSR count). The standard InChI is InChI=1S/C38H34B2/c1-23-15-25(3)37(26(4)16-23)39-33-19-29-11-7-9-13-31(29)21-35(33)40(38-27(5)17-24(2)18-28(38)6)36-22-32-14-10-8-12-30(32)20-34(36)39/h7-22H,1-6H3. The van der Waals surface area contributed by atoms with Gasteiger partial charge in [-0.2, -0.15) is 0 Å². The highest BCUT2D eigenvalue weighted by Crippen LogP contribution is 2.19. The average Bonchev–Trinajstić information content (AvgIpc) is 2.91. The Morgan fingerprint density at radius 1 is 0.350 bits per heavy atom. The summed E-state index contributed by atoms with van der Waals surface area (Å²) in [6, 6.07) is 37.2. The molecule has 0 bridgehead atoms. The Morgan fingerprint density at radius 3 is 0.850 bits per heavy atom. The van der Waals surface area contributed by atoms with E-state index in [0.29, 0.717) is 0 Å². The molecule has 6 aromatic rings. The second kappa shape index (κ2) is 9.27. The molecule has 0 nitrogen and oxygen atoms in total. The zero-order chi connectivity index (χ0) is 27.7. The first-order valence-electron chi connectivity index (χ1n) is 14.5. The van der Waals surface area contributed by atoms with Gasteiger partial charge < -0.3 is 0 Å². The minimum absolute atomic E-state index is 0.183. The molecule has 1 aliphatic rings. The highest BCUT2D eigenvalue weighted by Gasteiger charge is 2.41. The summed E-state index contributed by atoms with van der Waals surface area (Å²) in [7, 11) is 0. The van der Waals surface area contributed by atoms with E-state index in [4.69, 9.17) is 0 Å². The molecule has 2 heteroatoms. The number of benzene rings is 6. The first-order chi connectivity index (χ1) is 19.3. The fourth-order valence-electron chi connectivity index (χ4n) is 7.80. The van der Waals surface area contributed by atoms with Crippen molar-refractivity contribution in [2.45, 2.75) is 41.5 Å². The average molecular weight is 512 g/mol. The second-order valence-corrected chi connectivity index (χ2v) is 12.1. The fraction of sp³-hybridized carbons (Fsp3) is 0.158. The maximum Gasteiger partial charge on any atom is 0.240 e. The molecule has 1 aliphatic heterocycles. The van der Waals surface area contributed by atoms with Crippen LogP contribution in [0, 0.1) is 41.5 Å². The maximum atomic E-state index is 2.50. The lowest BCUT2D eigenvalue weighted by Gasteiger charge is -2.35. The van der Waals surface area contributed by atoms with E-state index < -0.39 is 0 Å². The monoisotopic (exact) mass is 512 g/mol. The lowest BCUT2D eigenvalue weighted by Crippen LogP contribution is -2.75. The van der Waals surface area contributed by atoms with E-state index in [2.05, 4.69) is 139 Å². The Bertz CT molecular complexity index is 1700. The van der Waals surface area contributed by atoms with Crippen molar-refractivity contribution < 1.29 is 0 Å². The SMILES string of the molecule is Cc1cc(C)c(B2c3cc4ccccc4cc3B(c3c(C)cc(C)cc3C)c3cc4ccccc4cc32)c(C)c1. The van der Waals surface area contributed by atoms with Gasteiger partial charge in [0.2, 0.25) is 13.4 Å². The molecule has 0 aliphatic carbocycles. The molecular weight excluding hydrogens is 478 g/mol. The first kappa shape index (κ1) is 25.0. The van der Waals surface area contributed by atoms with E-state index in [9.17, 15) is 0 Å². The first-order valence-corrected chi connectivity index (χ1v) is 14.5. The van der Waals surface area contributed by atoms with Gasteiger partial charge in [-0.1, -0.05) is 163 Å². The molecule has 0 saturated heterocycles. The van der Waals surface area contributed by atoms with Crippen LogP contribution >= 0.6 is 0 Å². The van der Waals surface area contributed by atoms with Gasteiger partial charge in [0.15, 0.2) is 0 Å². The lowest BCUT2D eigenvalue weighted by atomic mass is 9.20. The minimum atomic E-state index is 0.183. The van der Waals surface area contributed by atoms with Crippen molar-refractivity contribution in [1.29, 1.82) is 0 Å². The van der Waals surface area contributed by atoms with E-state index >= 15 is 0 Å². The third-order valence-electron chi connectivity index (χ3n) is 9.20. The molecule has 1 heterocycles. The number of hydrogen-bond donors (Lipinski definition) is 0. The van der Waals surface area contributed by atoms with E-state index in [1.807, 2.05) is 0 Å². The van der Waals surface area contributed by atoms with E-state index in [1.54, 1.807) is 0 Å². The van der Waals surface area contributed by atoms with E-state index in [1.165, 1.54) is 87.7 Å². The number of fused-ring (bicyclic) bond motifs is 4. The van der Waals surface area contributed by atoms with Gasteiger partial charge in [-0.05, 0) is 63.1 Å². The van der Waals surface area contributed by atoms with Crippen molar-refractivity contribution in [3.63, 3.8) is 0 Å². The molecule has 0 unspecified atom stereocenters. The Hall–Kier alpha value is -4.03. The van der Waals surface area contributed by atoms with Gasteiger partial charge in [-0.15, -0.1) is 0 Å². The summed E-state index contributed by atoms with van der Waals surface area (Å²) in [5.74, 6) is 0. The van der Waals surface area contributed by atoms with Gasteiger partial charge in [0.1, 0.15) is 0 Å². The molecule has 0 spiro atoms. The smallest absolute Gasteiger partial charge is 0.0726 e. The Kier molecular flexibility index (Phi) is 5.79. The van der Waals surface area contributed by atoms with Crippen LogP contribution in [0.1, 0.15) is 33.4 Å². The topological polar surface area (TPSA) is 0 Å². The summed E-state index contributed by atoms with van der Waals surface area (Å²) in [4.78, 5) is 0. The summed E-state index contributed by atoms with van der Waals surface area (Å²) in [6.07, 6.45) is 0. The van der Waals surface area contributed by atoms with Crippen LogP contribution in [0.25, 0.3) is 21.5 Å². The van der Waals surface area contributed by atoms with E-state index in [0.717, 1.165) is 0 Å². The van der Waals surface area contributed by atoms with Crippen LogP contribution in [0.5, 0.6) is 0 Å². The Morgan fingerprint density at radius 2 is 0.600 bits per heavy atom. The summed E-state index contributed by atoms with van der Waals surface area (Å²) in [6.45, 7) is 14.0. The highest BCUT2D eigenvalue weighted by molar-refractivity contribution is 7.11. The van der Waals surface area contributed by atoms with Crippen molar-refractivity contribution in [3.8, 4) is 0 Å². The van der Waals surface area contributed by atoms with Crippen LogP contribution in [0.4, 0.5) is 0 Å². The van der Waals surface area contributed by atoms with Crippen LogP contribution in [-0.4, -0.2) is 13.4 Å². The van der Waals surface area contributed by atoms with Gasteiger partial charge in [-0.3, -0.25) is 0 Å². The van der Waals surface area contributed by atoms with Crippen molar-refractivity contribution in [3.05, 3.63) is 130 Å². The molecule has 0 saturated carbocycles. The van der Waals surface area contributed by atoms with Crippen LogP contribution in [0.2, 0.25) is 0 Å². The Labute approximate surface area is 239 Å². The zero-order valence-corrected chi connectivity index (χ0v) is 24.4. The van der Waals surface area contributed by atoms with Gasteiger partial charge in [-0.25, -0.2) is 0 Å². The van der Waals surface area contributed by atoms with Crippen LogP contribution in [0.15, 0.2) is 97.1 Å². The highest BCUT2D eigenvalue weighted by atomic mass is 14.2. The molecule has 0 aromatic heterocycles. The number of aryl methyl sites for hydroxylation is 6. The second-order valence-electron chi connectivity index (χ2n) is 12.1. The molecule has 6 aromatic carbocycles. The van der Waals surface area contributed by atoms with Gasteiger partial charge in [0, 0.05) is 0 Å². The Balaban J connectivity index is 1.66. The summed E-state index contributed by atoms with van der Waals surface area (Å²) in [5, 5.41) is 5.26. The quantitative estimate of drug-likeness (QED) is 0.280. The molecular formula is C38H34B2. The summed E-state index contributed by atoms with van der Waals surface area (Å²) in [5.41, 5.74) is 16.9. The third kappa shape index (κ3) is 3.85. The predicted molar refractivity (Wildman–Crippen MR) is 179 cm³/mol. The molecule has 0 radical (unpaired) electrons. The summed E-state index contributed by atoms with van der Waals surface area (Å²) >= 11 is 0. The van der Waals surface area contributed by atoms with Crippen LogP contribution < -0.4 is 32.8 Å². The molecule has 40 heavy (non-hydrogen) atoms. The number of rotatable bonds is 2.